The van der Waals surface area contributed by atoms with Crippen LogP contribution in [0.2, 0.25) is 0 Å². The first-order valence-electron chi connectivity index (χ1n) is 9.23. The molecule has 0 bridgehead atoms. The normalized spacial score (nSPS) is 22.4. The zero-order valence-corrected chi connectivity index (χ0v) is 15.4. The molecule has 2 aromatic rings. The molecule has 1 aromatic heterocycles. The zero-order valence-electron chi connectivity index (χ0n) is 15.4. The second kappa shape index (κ2) is 7.23. The van der Waals surface area contributed by atoms with E-state index in [-0.39, 0.29) is 0 Å². The number of rotatable bonds is 4. The summed E-state index contributed by atoms with van der Waals surface area (Å²) in [4.78, 5) is 7.06. The molecular weight excluding hydrogens is 331 g/mol. The van der Waals surface area contributed by atoms with Gasteiger partial charge in [-0.3, -0.25) is 9.88 Å². The number of methoxy groups -OCH3 is 2. The van der Waals surface area contributed by atoms with Gasteiger partial charge >= 0.3 is 0 Å². The summed E-state index contributed by atoms with van der Waals surface area (Å²) in [6.07, 6.45) is 4.89. The van der Waals surface area contributed by atoms with Crippen molar-refractivity contribution in [2.75, 3.05) is 27.3 Å². The number of aromatic nitrogens is 1. The fraction of sp³-hybridized carbons (Fsp3) is 0.476. The van der Waals surface area contributed by atoms with Gasteiger partial charge in [-0.2, -0.15) is 0 Å². The van der Waals surface area contributed by atoms with Crippen LogP contribution in [0.25, 0.3) is 0 Å². The van der Waals surface area contributed by atoms with Crippen LogP contribution in [-0.2, 0) is 13.1 Å². The van der Waals surface area contributed by atoms with Gasteiger partial charge in [0.1, 0.15) is 6.67 Å². The summed E-state index contributed by atoms with van der Waals surface area (Å²) >= 11 is 0. The first-order valence-corrected chi connectivity index (χ1v) is 9.23. The summed E-state index contributed by atoms with van der Waals surface area (Å²) in [5, 5.41) is 0. The van der Waals surface area contributed by atoms with E-state index in [1.807, 2.05) is 6.07 Å². The summed E-state index contributed by atoms with van der Waals surface area (Å²) in [5.41, 5.74) is 4.47. The average molecular weight is 356 g/mol. The van der Waals surface area contributed by atoms with Crippen molar-refractivity contribution in [3.8, 4) is 11.5 Å². The molecule has 0 saturated carbocycles. The fourth-order valence-corrected chi connectivity index (χ4v) is 4.41. The van der Waals surface area contributed by atoms with Gasteiger partial charge in [-0.05, 0) is 60.2 Å². The lowest BCUT2D eigenvalue weighted by Gasteiger charge is -2.43. The summed E-state index contributed by atoms with van der Waals surface area (Å²) in [7, 11) is 3.37. The van der Waals surface area contributed by atoms with E-state index in [9.17, 15) is 4.39 Å². The van der Waals surface area contributed by atoms with Crippen molar-refractivity contribution in [2.24, 2.45) is 0 Å². The van der Waals surface area contributed by atoms with Crippen LogP contribution in [-0.4, -0.2) is 37.2 Å². The second-order valence-corrected chi connectivity index (χ2v) is 7.16. The van der Waals surface area contributed by atoms with E-state index in [4.69, 9.17) is 9.47 Å². The number of ether oxygens (including phenoxy) is 2. The Bertz CT molecular complexity index is 796. The first kappa shape index (κ1) is 17.3. The molecule has 0 spiro atoms. The van der Waals surface area contributed by atoms with E-state index in [0.29, 0.717) is 12.0 Å². The molecule has 0 amide bonds. The van der Waals surface area contributed by atoms with Gasteiger partial charge in [-0.15, -0.1) is 0 Å². The highest BCUT2D eigenvalue weighted by Crippen LogP contribution is 2.44. The van der Waals surface area contributed by atoms with Gasteiger partial charge in [0.15, 0.2) is 11.5 Å². The van der Waals surface area contributed by atoms with Crippen LogP contribution >= 0.6 is 0 Å². The molecule has 1 saturated heterocycles. The highest BCUT2D eigenvalue weighted by molar-refractivity contribution is 5.49. The van der Waals surface area contributed by atoms with Crippen LogP contribution < -0.4 is 9.47 Å². The molecule has 2 aliphatic heterocycles. The van der Waals surface area contributed by atoms with Crippen LogP contribution in [0.3, 0.4) is 0 Å². The highest BCUT2D eigenvalue weighted by Gasteiger charge is 2.35. The summed E-state index contributed by atoms with van der Waals surface area (Å²) in [6, 6.07) is 8.37. The van der Waals surface area contributed by atoms with E-state index in [0.717, 1.165) is 55.1 Å². The smallest absolute Gasteiger partial charge is 0.161 e. The van der Waals surface area contributed by atoms with E-state index in [2.05, 4.69) is 22.0 Å². The molecular formula is C21H25FN2O2. The quantitative estimate of drug-likeness (QED) is 0.828. The Morgan fingerprint density at radius 2 is 1.96 bits per heavy atom. The molecule has 2 aliphatic rings. The van der Waals surface area contributed by atoms with E-state index < -0.39 is 6.67 Å². The number of pyridine rings is 1. The Morgan fingerprint density at radius 1 is 1.15 bits per heavy atom. The van der Waals surface area contributed by atoms with E-state index >= 15 is 0 Å². The monoisotopic (exact) mass is 356 g/mol. The van der Waals surface area contributed by atoms with Crippen molar-refractivity contribution >= 4 is 0 Å². The standard InChI is InChI=1S/C21H25FN2O2/c1-25-20-10-15-6-8-24-13-16(18-9-14(12-22)5-7-23-18)3-4-19(24)17(15)11-21(20)26-2/h5,7,9-11,16,19H,3-4,6,8,12-13H2,1-2H3. The van der Waals surface area contributed by atoms with Gasteiger partial charge < -0.3 is 9.47 Å². The molecule has 2 atom stereocenters. The molecule has 138 valence electrons. The number of fused-ring (bicyclic) bond motifs is 3. The van der Waals surface area contributed by atoms with Crippen molar-refractivity contribution < 1.29 is 13.9 Å². The topological polar surface area (TPSA) is 34.6 Å². The molecule has 4 nitrogen and oxygen atoms in total. The fourth-order valence-electron chi connectivity index (χ4n) is 4.41. The lowest BCUT2D eigenvalue weighted by atomic mass is 9.82. The Hall–Kier alpha value is -2.14. The van der Waals surface area contributed by atoms with E-state index in [1.165, 1.54) is 11.1 Å². The summed E-state index contributed by atoms with van der Waals surface area (Å²) in [5.74, 6) is 1.98. The maximum Gasteiger partial charge on any atom is 0.161 e. The maximum absolute atomic E-state index is 13.0. The van der Waals surface area contributed by atoms with Crippen molar-refractivity contribution in [1.82, 2.24) is 9.88 Å². The Kier molecular flexibility index (Phi) is 4.81. The van der Waals surface area contributed by atoms with Gasteiger partial charge in [0, 0.05) is 36.9 Å². The van der Waals surface area contributed by atoms with Crippen LogP contribution in [0.1, 0.15) is 47.2 Å². The second-order valence-electron chi connectivity index (χ2n) is 7.16. The molecule has 0 N–H and O–H groups in total. The number of hydrogen-bond acceptors (Lipinski definition) is 4. The van der Waals surface area contributed by atoms with Crippen LogP contribution in [0.15, 0.2) is 30.5 Å². The van der Waals surface area contributed by atoms with Gasteiger partial charge in [-0.25, -0.2) is 4.39 Å². The molecule has 0 aliphatic carbocycles. The molecule has 2 unspecified atom stereocenters. The van der Waals surface area contributed by atoms with Gasteiger partial charge in [-0.1, -0.05) is 0 Å². The van der Waals surface area contributed by atoms with Crippen LogP contribution in [0.5, 0.6) is 11.5 Å². The van der Waals surface area contributed by atoms with Gasteiger partial charge in [0.05, 0.1) is 14.2 Å². The first-order chi connectivity index (χ1) is 12.7. The predicted molar refractivity (Wildman–Crippen MR) is 98.6 cm³/mol. The van der Waals surface area contributed by atoms with Gasteiger partial charge in [0.25, 0.3) is 0 Å². The number of hydrogen-bond donors (Lipinski definition) is 0. The number of alkyl halides is 1. The van der Waals surface area contributed by atoms with Crippen LogP contribution in [0, 0.1) is 0 Å². The largest absolute Gasteiger partial charge is 0.493 e. The number of benzene rings is 1. The molecule has 0 radical (unpaired) electrons. The molecule has 5 heteroatoms. The Balaban J connectivity index is 1.58. The third kappa shape index (κ3) is 3.05. The van der Waals surface area contributed by atoms with E-state index in [1.54, 1.807) is 26.5 Å². The minimum atomic E-state index is -0.427. The lowest BCUT2D eigenvalue weighted by Crippen LogP contribution is -2.41. The van der Waals surface area contributed by atoms with Crippen molar-refractivity contribution in [3.63, 3.8) is 0 Å². The molecule has 1 fully saturated rings. The SMILES string of the molecule is COc1cc2c(cc1OC)C1CCC(c3cc(CF)ccn3)CN1CC2. The minimum Gasteiger partial charge on any atom is -0.493 e. The highest BCUT2D eigenvalue weighted by atomic mass is 19.1. The number of piperidine rings is 1. The lowest BCUT2D eigenvalue weighted by molar-refractivity contribution is 0.121. The van der Waals surface area contributed by atoms with Crippen molar-refractivity contribution in [2.45, 2.75) is 37.9 Å². The Labute approximate surface area is 153 Å². The summed E-state index contributed by atoms with van der Waals surface area (Å²) < 4.78 is 23.9. The van der Waals surface area contributed by atoms with Crippen LogP contribution in [0.4, 0.5) is 4.39 Å². The van der Waals surface area contributed by atoms with Gasteiger partial charge in [0.2, 0.25) is 0 Å². The average Bonchev–Trinajstić information content (AvgIpc) is 2.72. The summed E-state index contributed by atoms with van der Waals surface area (Å²) in [6.45, 7) is 1.58. The molecule has 4 rings (SSSR count). The number of nitrogens with zero attached hydrogens (tertiary/aromatic N) is 2. The third-order valence-corrected chi connectivity index (χ3v) is 5.78. The number of halogens is 1. The predicted octanol–water partition coefficient (Wildman–Crippen LogP) is 4.05. The molecule has 1 aromatic carbocycles. The zero-order chi connectivity index (χ0) is 18.1. The molecule has 3 heterocycles. The maximum atomic E-state index is 13.0. The minimum absolute atomic E-state index is 0.374. The third-order valence-electron chi connectivity index (χ3n) is 5.78. The Morgan fingerprint density at radius 3 is 2.73 bits per heavy atom. The molecule has 26 heavy (non-hydrogen) atoms. The van der Waals surface area contributed by atoms with Crippen molar-refractivity contribution in [1.29, 1.82) is 0 Å². The van der Waals surface area contributed by atoms with Crippen molar-refractivity contribution in [3.05, 3.63) is 52.8 Å².